The van der Waals surface area contributed by atoms with E-state index in [9.17, 15) is 0 Å². The molecule has 0 amide bonds. The topological polar surface area (TPSA) is 51.6 Å². The van der Waals surface area contributed by atoms with Gasteiger partial charge in [0.05, 0.1) is 0 Å². The third kappa shape index (κ3) is 1.02. The van der Waals surface area contributed by atoms with Crippen LogP contribution in [0.5, 0.6) is 0 Å². The molecule has 8 bridgehead atoms. The first kappa shape index (κ1) is 30.9. The van der Waals surface area contributed by atoms with Gasteiger partial charge in [-0.1, -0.05) is 0 Å². The molecule has 55 heavy (non-hydrogen) atoms. The Kier molecular flexibility index (Phi) is 3.13. The van der Waals surface area contributed by atoms with Gasteiger partial charge in [0.15, 0.2) is 0 Å². The van der Waals surface area contributed by atoms with Crippen molar-refractivity contribution in [2.75, 3.05) is 6.16 Å². The summed E-state index contributed by atoms with van der Waals surface area (Å²) in [6, 6.07) is 0. The van der Waals surface area contributed by atoms with Gasteiger partial charge in [-0.3, -0.25) is 0 Å². The standard InChI is InChI=1S/C41H59N4P2Si2.C5H5.Fe/c1-48(2,3)35-21-34(41(46,36-22-42-7-9-44-36)37-23-43-8-10-45-37)33(40(35)49(4,5)6)24-47(38-29-13-25-11-26(15-29)16-30(38)14-25)39-31-17-27-12-28(19-31)20-32(39)18-27;1-2-4-5-3-1;/h7-10,21-23,25-32,38-39H,11-20,24,46H2,1-6H3;1-5H;. The summed E-state index contributed by atoms with van der Waals surface area (Å²) in [5.74, 6) is 8.67. The summed E-state index contributed by atoms with van der Waals surface area (Å²) in [6.45, 7) is 13.3. The van der Waals surface area contributed by atoms with E-state index in [2.05, 4.69) is 73.3 Å². The van der Waals surface area contributed by atoms with E-state index in [1.165, 1.54) is 35.5 Å². The molecule has 2 aromatic rings. The predicted octanol–water partition coefficient (Wildman–Crippen LogP) is 12.1. The van der Waals surface area contributed by atoms with Crippen LogP contribution in [0.1, 0.15) is 75.6 Å². The van der Waals surface area contributed by atoms with Crippen LogP contribution in [0.2, 0.25) is 84.7 Å². The molecule has 6 unspecified atom stereocenters. The molecular formula is C46H64FeN4P2Si2. The first-order valence-corrected chi connectivity index (χ1v) is 38.7. The Labute approximate surface area is 325 Å². The molecule has 0 radical (unpaired) electrons. The predicted molar refractivity (Wildman–Crippen MR) is 228 cm³/mol. The van der Waals surface area contributed by atoms with Crippen molar-refractivity contribution in [1.82, 2.24) is 19.9 Å². The van der Waals surface area contributed by atoms with Crippen LogP contribution in [0.15, 0.2) is 37.2 Å². The zero-order valence-corrected chi connectivity index (χ0v) is 39.3. The molecule has 18 fully saturated rings. The van der Waals surface area contributed by atoms with E-state index < -0.39 is 22.7 Å². The Morgan fingerprint density at radius 3 is 1.38 bits per heavy atom. The number of hydrogen-bond acceptors (Lipinski definition) is 4. The molecule has 8 saturated carbocycles. The first-order chi connectivity index (χ1) is 26.1. The fraction of sp³-hybridized carbons (Fsp3) is 0.826. The molecular weight excluding hydrogens is 782 g/mol. The molecule has 0 aromatic carbocycles. The summed E-state index contributed by atoms with van der Waals surface area (Å²) >= 11 is 0. The van der Waals surface area contributed by atoms with E-state index in [4.69, 9.17) is 19.9 Å². The monoisotopic (exact) mass is 846 g/mol. The summed E-state index contributed by atoms with van der Waals surface area (Å²) in [5.41, 5.74) is 4.77. The number of aromatic nitrogens is 4. The summed E-state index contributed by atoms with van der Waals surface area (Å²) < 4.78 is 2.77. The van der Waals surface area contributed by atoms with Crippen LogP contribution in [0, 0.1) is 47.3 Å². The normalized spacial score (nSPS) is 70.6. The van der Waals surface area contributed by atoms with Crippen LogP contribution in [-0.2, 0) is 11.7 Å². The molecule has 0 N–H and O–H groups in total. The fourth-order valence-electron chi connectivity index (χ4n) is 34.9. The van der Waals surface area contributed by atoms with Crippen LogP contribution >= 0.6 is 17.2 Å². The molecule has 2 aromatic heterocycles. The number of nitrogens with zero attached hydrogens (tertiary/aromatic N) is 4. The Hall–Kier alpha value is -0.0268. The number of fused-ring (bicyclic) bond motifs is 10. The quantitative estimate of drug-likeness (QED) is 0.186. The van der Waals surface area contributed by atoms with Crippen molar-refractivity contribution in [2.24, 2.45) is 47.3 Å². The van der Waals surface area contributed by atoms with Gasteiger partial charge in [-0.05, 0) is 0 Å². The third-order valence-corrected chi connectivity index (χ3v) is 98.1. The molecule has 4 nitrogen and oxygen atoms in total. The Morgan fingerprint density at radius 2 is 1.05 bits per heavy atom. The fourth-order valence-corrected chi connectivity index (χ4v) is 182. The minimum absolute atomic E-state index is 0.0292. The van der Waals surface area contributed by atoms with E-state index in [0.29, 0.717) is 8.63 Å². The number of hydrogen-bond donors (Lipinski definition) is 0. The van der Waals surface area contributed by atoms with Gasteiger partial charge in [0.2, 0.25) is 0 Å². The first-order valence-electron chi connectivity index (χ1n) is 23.4. The average Bonchev–Trinajstić information content (AvgIpc) is 4.09. The molecule has 1 spiro atoms. The molecule has 6 atom stereocenters. The van der Waals surface area contributed by atoms with Crippen LogP contribution < -0.4 is 0 Å². The summed E-state index contributed by atoms with van der Waals surface area (Å²) in [6.07, 6.45) is 30.5. The van der Waals surface area contributed by atoms with Crippen LogP contribution in [-0.4, -0.2) is 53.6 Å². The molecule has 294 valence electrons. The van der Waals surface area contributed by atoms with E-state index in [1.807, 2.05) is 12.4 Å². The van der Waals surface area contributed by atoms with Crippen molar-refractivity contribution in [3.05, 3.63) is 48.6 Å². The van der Waals surface area contributed by atoms with Gasteiger partial charge >= 0.3 is 327 Å². The van der Waals surface area contributed by atoms with Gasteiger partial charge in [0.1, 0.15) is 0 Å². The van der Waals surface area contributed by atoms with Gasteiger partial charge in [-0.2, -0.15) is 0 Å². The second kappa shape index (κ2) is 5.56. The molecule has 10 aliphatic heterocycles. The summed E-state index contributed by atoms with van der Waals surface area (Å²) in [7, 11) is 0.547. The van der Waals surface area contributed by atoms with Gasteiger partial charge in [0.25, 0.3) is 0 Å². The van der Waals surface area contributed by atoms with Gasteiger partial charge in [-0.15, -0.1) is 0 Å². The molecule has 12 heterocycles. The molecule has 18 aliphatic rings. The summed E-state index contributed by atoms with van der Waals surface area (Å²) in [5, 5.41) is -0.228. The van der Waals surface area contributed by atoms with Crippen molar-refractivity contribution in [3.63, 3.8) is 0 Å². The van der Waals surface area contributed by atoms with Crippen LogP contribution in [0.25, 0.3) is 0 Å². The molecule has 10 saturated heterocycles. The second-order valence-corrected chi connectivity index (χ2v) is 65.6. The maximum absolute atomic E-state index is 5.50. The van der Waals surface area contributed by atoms with Crippen molar-refractivity contribution >= 4 is 33.3 Å². The molecule has 20 rings (SSSR count). The second-order valence-electron chi connectivity index (χ2n) is 28.0. The van der Waals surface area contributed by atoms with E-state index in [-0.39, 0.29) is 13.1 Å². The Morgan fingerprint density at radius 1 is 0.636 bits per heavy atom. The average molecular weight is 847 g/mol. The van der Waals surface area contributed by atoms with Crippen molar-refractivity contribution in [1.29, 1.82) is 0 Å². The minimum atomic E-state index is -4.66. The van der Waals surface area contributed by atoms with Crippen molar-refractivity contribution in [3.8, 4) is 0 Å². The SMILES string of the molecule is C[Si](C)(C)[C]12[CH]3[C]4(C(P)(c5cnccn5)c5cnccn5)[C]5(CP(C6C7CC8CC(C7)CC6C8)C6C7CC8CC(C7)CC6C8)[C]1([Si](C)(C)C)[Fe]35421678[CH]2[CH]1[CH]6[CH]7[CH]28. The van der Waals surface area contributed by atoms with Gasteiger partial charge < -0.3 is 0 Å². The van der Waals surface area contributed by atoms with E-state index in [1.54, 1.807) is 70.4 Å². The Bertz CT molecular complexity index is 2510. The zero-order chi connectivity index (χ0) is 36.6. The van der Waals surface area contributed by atoms with Crippen LogP contribution in [0.4, 0.5) is 0 Å². The van der Waals surface area contributed by atoms with E-state index >= 15 is 0 Å². The zero-order valence-electron chi connectivity index (χ0n) is 34.1. The molecule has 8 aliphatic carbocycles. The third-order valence-electron chi connectivity index (χ3n) is 29.6. The number of rotatable bonds is 9. The van der Waals surface area contributed by atoms with Gasteiger partial charge in [0, 0.05) is 0 Å². The maximum atomic E-state index is 5.50. The van der Waals surface area contributed by atoms with Crippen molar-refractivity contribution in [2.45, 2.75) is 165 Å². The Balaban J connectivity index is 0.962. The molecule has 9 heteroatoms. The van der Waals surface area contributed by atoms with E-state index in [0.717, 1.165) is 71.4 Å². The van der Waals surface area contributed by atoms with Crippen LogP contribution in [0.3, 0.4) is 0 Å². The van der Waals surface area contributed by atoms with Crippen molar-refractivity contribution < 1.29 is 6.51 Å². The van der Waals surface area contributed by atoms with Gasteiger partial charge in [-0.25, -0.2) is 0 Å². The summed E-state index contributed by atoms with van der Waals surface area (Å²) in [4.78, 5) is 28.1.